The van der Waals surface area contributed by atoms with Crippen molar-refractivity contribution in [2.24, 2.45) is 0 Å². The van der Waals surface area contributed by atoms with Gasteiger partial charge in [0.25, 0.3) is 0 Å². The molecular formula is C31H29NO. The van der Waals surface area contributed by atoms with E-state index >= 15 is 0 Å². The van der Waals surface area contributed by atoms with E-state index in [0.29, 0.717) is 13.0 Å². The zero-order valence-corrected chi connectivity index (χ0v) is 19.1. The molecule has 0 saturated carbocycles. The number of hydrogen-bond acceptors (Lipinski definition) is 1. The summed E-state index contributed by atoms with van der Waals surface area (Å²) in [5.41, 5.74) is 8.49. The number of amides is 1. The van der Waals surface area contributed by atoms with Crippen molar-refractivity contribution in [1.82, 2.24) is 4.90 Å². The number of hydrogen-bond donors (Lipinski definition) is 0. The van der Waals surface area contributed by atoms with Crippen LogP contribution >= 0.6 is 0 Å². The Labute approximate surface area is 196 Å². The molecule has 4 aromatic carbocycles. The number of fused-ring (bicyclic) bond motifs is 1. The molecule has 0 atom stereocenters. The summed E-state index contributed by atoms with van der Waals surface area (Å²) in [4.78, 5) is 16.0. The van der Waals surface area contributed by atoms with Crippen LogP contribution in [0.25, 0.3) is 11.1 Å². The molecule has 0 unspecified atom stereocenters. The second-order valence-electron chi connectivity index (χ2n) is 9.04. The molecule has 1 aliphatic carbocycles. The van der Waals surface area contributed by atoms with Gasteiger partial charge < -0.3 is 4.90 Å². The first-order valence-electron chi connectivity index (χ1n) is 11.7. The molecule has 164 valence electrons. The molecule has 0 heterocycles. The smallest absolute Gasteiger partial charge is 0.227 e. The SMILES string of the molecule is Cc1ccc(-c2ccccc2)c(CC(=O)N(Cc2ccccc2)C2Cc3ccccc3C2)c1. The Morgan fingerprint density at radius 2 is 1.39 bits per heavy atom. The minimum Gasteiger partial charge on any atom is -0.334 e. The van der Waals surface area contributed by atoms with Crippen molar-refractivity contribution in [3.63, 3.8) is 0 Å². The molecule has 0 aliphatic heterocycles. The lowest BCUT2D eigenvalue weighted by Crippen LogP contribution is -2.41. The largest absolute Gasteiger partial charge is 0.334 e. The second kappa shape index (κ2) is 9.46. The lowest BCUT2D eigenvalue weighted by atomic mass is 9.95. The van der Waals surface area contributed by atoms with Gasteiger partial charge >= 0.3 is 0 Å². The monoisotopic (exact) mass is 431 g/mol. The summed E-state index contributed by atoms with van der Waals surface area (Å²) in [6.07, 6.45) is 2.26. The van der Waals surface area contributed by atoms with Crippen molar-refractivity contribution in [3.05, 3.63) is 131 Å². The summed E-state index contributed by atoms with van der Waals surface area (Å²) < 4.78 is 0. The zero-order valence-electron chi connectivity index (χ0n) is 19.1. The molecule has 2 heteroatoms. The number of rotatable bonds is 6. The molecule has 2 nitrogen and oxygen atoms in total. The van der Waals surface area contributed by atoms with Crippen LogP contribution in [-0.4, -0.2) is 16.8 Å². The molecule has 0 N–H and O–H groups in total. The van der Waals surface area contributed by atoms with Crippen LogP contribution in [0.1, 0.15) is 27.8 Å². The van der Waals surface area contributed by atoms with Crippen LogP contribution in [-0.2, 0) is 30.6 Å². The lowest BCUT2D eigenvalue weighted by molar-refractivity contribution is -0.133. The zero-order chi connectivity index (χ0) is 22.6. The third-order valence-corrected chi connectivity index (χ3v) is 6.67. The van der Waals surface area contributed by atoms with Crippen LogP contribution < -0.4 is 0 Å². The van der Waals surface area contributed by atoms with E-state index in [4.69, 9.17) is 0 Å². The molecule has 0 radical (unpaired) electrons. The maximum absolute atomic E-state index is 13.9. The predicted octanol–water partition coefficient (Wildman–Crippen LogP) is 6.40. The highest BCUT2D eigenvalue weighted by atomic mass is 16.2. The van der Waals surface area contributed by atoms with Gasteiger partial charge in [-0.15, -0.1) is 0 Å². The molecule has 1 amide bonds. The van der Waals surface area contributed by atoms with Gasteiger partial charge in [0.15, 0.2) is 0 Å². The molecular weight excluding hydrogens is 402 g/mol. The van der Waals surface area contributed by atoms with E-state index in [0.717, 1.165) is 29.5 Å². The average molecular weight is 432 g/mol. The molecule has 5 rings (SSSR count). The highest BCUT2D eigenvalue weighted by Gasteiger charge is 2.30. The lowest BCUT2D eigenvalue weighted by Gasteiger charge is -2.30. The Morgan fingerprint density at radius 1 is 0.788 bits per heavy atom. The molecule has 0 fully saturated rings. The van der Waals surface area contributed by atoms with E-state index in [9.17, 15) is 4.79 Å². The van der Waals surface area contributed by atoms with Crippen LogP contribution in [0.15, 0.2) is 103 Å². The minimum atomic E-state index is 0.194. The number of carbonyl (C=O) groups is 1. The summed E-state index contributed by atoms with van der Waals surface area (Å²) >= 11 is 0. The number of benzene rings is 4. The fourth-order valence-electron chi connectivity index (χ4n) is 4.99. The Balaban J connectivity index is 1.45. The van der Waals surface area contributed by atoms with Gasteiger partial charge in [0, 0.05) is 12.6 Å². The van der Waals surface area contributed by atoms with Gasteiger partial charge in [0.1, 0.15) is 0 Å². The molecule has 0 spiro atoms. The van der Waals surface area contributed by atoms with Crippen LogP contribution in [0.4, 0.5) is 0 Å². The highest BCUT2D eigenvalue weighted by Crippen LogP contribution is 2.29. The average Bonchev–Trinajstić information content (AvgIpc) is 3.28. The van der Waals surface area contributed by atoms with Crippen molar-refractivity contribution in [3.8, 4) is 11.1 Å². The summed E-state index contributed by atoms with van der Waals surface area (Å²) in [5, 5.41) is 0. The van der Waals surface area contributed by atoms with Crippen molar-refractivity contribution in [2.75, 3.05) is 0 Å². The third kappa shape index (κ3) is 4.75. The van der Waals surface area contributed by atoms with Crippen molar-refractivity contribution in [1.29, 1.82) is 0 Å². The Bertz CT molecular complexity index is 1220. The summed E-state index contributed by atoms with van der Waals surface area (Å²) in [5.74, 6) is 0.194. The standard InChI is InChI=1S/C31H29NO/c1-23-16-17-30(25-12-6-3-7-13-25)28(18-23)21-31(33)32(22-24-10-4-2-5-11-24)29-19-26-14-8-9-15-27(26)20-29/h2-18,29H,19-22H2,1H3. The normalized spacial score (nSPS) is 13.0. The van der Waals surface area contributed by atoms with E-state index in [2.05, 4.69) is 103 Å². The first-order chi connectivity index (χ1) is 16.2. The van der Waals surface area contributed by atoms with Gasteiger partial charge in [-0.05, 0) is 53.1 Å². The van der Waals surface area contributed by atoms with E-state index in [1.807, 2.05) is 12.1 Å². The van der Waals surface area contributed by atoms with Gasteiger partial charge in [-0.3, -0.25) is 4.79 Å². The van der Waals surface area contributed by atoms with E-state index < -0.39 is 0 Å². The summed E-state index contributed by atoms with van der Waals surface area (Å²) in [7, 11) is 0. The van der Waals surface area contributed by atoms with Crippen LogP contribution in [0.2, 0.25) is 0 Å². The molecule has 0 saturated heterocycles. The second-order valence-corrected chi connectivity index (χ2v) is 9.04. The molecule has 0 aromatic heterocycles. The van der Waals surface area contributed by atoms with Crippen LogP contribution in [0, 0.1) is 6.92 Å². The summed E-state index contributed by atoms with van der Waals surface area (Å²) in [6, 6.07) is 36.0. The highest BCUT2D eigenvalue weighted by molar-refractivity contribution is 5.82. The van der Waals surface area contributed by atoms with Crippen molar-refractivity contribution < 1.29 is 4.79 Å². The maximum atomic E-state index is 13.9. The Kier molecular flexibility index (Phi) is 6.08. The number of nitrogens with zero attached hydrogens (tertiary/aromatic N) is 1. The Hall–Kier alpha value is -3.65. The van der Waals surface area contributed by atoms with Crippen LogP contribution in [0.3, 0.4) is 0 Å². The fourth-order valence-corrected chi connectivity index (χ4v) is 4.99. The molecule has 0 bridgehead atoms. The first kappa shape index (κ1) is 21.2. The van der Waals surface area contributed by atoms with Crippen molar-refractivity contribution >= 4 is 5.91 Å². The fraction of sp³-hybridized carbons (Fsp3) is 0.194. The predicted molar refractivity (Wildman–Crippen MR) is 135 cm³/mol. The topological polar surface area (TPSA) is 20.3 Å². The van der Waals surface area contributed by atoms with E-state index in [1.54, 1.807) is 0 Å². The first-order valence-corrected chi connectivity index (χ1v) is 11.7. The quantitative estimate of drug-likeness (QED) is 0.346. The molecule has 4 aromatic rings. The minimum absolute atomic E-state index is 0.194. The third-order valence-electron chi connectivity index (χ3n) is 6.67. The molecule has 33 heavy (non-hydrogen) atoms. The number of carbonyl (C=O) groups excluding carboxylic acids is 1. The summed E-state index contributed by atoms with van der Waals surface area (Å²) in [6.45, 7) is 2.74. The van der Waals surface area contributed by atoms with Crippen LogP contribution in [0.5, 0.6) is 0 Å². The Morgan fingerprint density at radius 3 is 2.06 bits per heavy atom. The maximum Gasteiger partial charge on any atom is 0.227 e. The van der Waals surface area contributed by atoms with Gasteiger partial charge in [-0.2, -0.15) is 0 Å². The number of aryl methyl sites for hydroxylation is 1. The van der Waals surface area contributed by atoms with Gasteiger partial charge in [0.05, 0.1) is 6.42 Å². The van der Waals surface area contributed by atoms with Gasteiger partial charge in [-0.1, -0.05) is 109 Å². The van der Waals surface area contributed by atoms with Gasteiger partial charge in [-0.25, -0.2) is 0 Å². The van der Waals surface area contributed by atoms with E-state index in [1.165, 1.54) is 22.3 Å². The molecule has 1 aliphatic rings. The van der Waals surface area contributed by atoms with Gasteiger partial charge in [0.2, 0.25) is 5.91 Å². The van der Waals surface area contributed by atoms with E-state index in [-0.39, 0.29) is 11.9 Å². The van der Waals surface area contributed by atoms with Crippen molar-refractivity contribution in [2.45, 2.75) is 38.8 Å².